The van der Waals surface area contributed by atoms with Gasteiger partial charge in [0, 0.05) is 12.3 Å². The molecule has 1 saturated carbocycles. The number of benzene rings is 2. The second-order valence-electron chi connectivity index (χ2n) is 12.3. The third kappa shape index (κ3) is 14.3. The Bertz CT molecular complexity index is 1040. The molecule has 240 valence electrons. The predicted octanol–water partition coefficient (Wildman–Crippen LogP) is 13.0. The minimum absolute atomic E-state index is 0.293. The predicted molar refractivity (Wildman–Crippen MR) is 193 cm³/mol. The summed E-state index contributed by atoms with van der Waals surface area (Å²) in [5.74, 6) is 2.91. The molecule has 1 heteroatoms. The molecule has 43 heavy (non-hydrogen) atoms. The van der Waals surface area contributed by atoms with Gasteiger partial charge in [-0.3, -0.25) is 4.79 Å². The van der Waals surface area contributed by atoms with Crippen LogP contribution in [0, 0.1) is 23.7 Å². The standard InChI is InChI=1S/C19H34O.C19H20.2C2H6/c1-5-17(19(20)6-2)13-14-18(15(3)4)12-11-16-9-7-8-10-16;1-15-6-5-9-18-14-19(13-12-17(18)11-10-15)16-7-3-2-4-8-16;2*1-2/h11-12,15-18H,5-10,13-14H2,1-4H3;2-4,7-8,12-14H,1,5-6,9-11H2;2*1-2H3/b12-11+;;;. The molecule has 2 aliphatic carbocycles. The second-order valence-corrected chi connectivity index (χ2v) is 12.3. The summed E-state index contributed by atoms with van der Waals surface area (Å²) in [6, 6.07) is 17.6. The zero-order valence-electron chi connectivity index (χ0n) is 29.4. The Morgan fingerprint density at radius 1 is 0.814 bits per heavy atom. The lowest BCUT2D eigenvalue weighted by Crippen LogP contribution is -2.15. The van der Waals surface area contributed by atoms with Crippen molar-refractivity contribution in [1.29, 1.82) is 0 Å². The van der Waals surface area contributed by atoms with Crippen molar-refractivity contribution in [2.75, 3.05) is 0 Å². The number of carbonyl (C=O) groups is 1. The van der Waals surface area contributed by atoms with E-state index in [1.807, 2.05) is 34.6 Å². The number of Topliss-reactive ketones (excluding diaryl/α,β-unsaturated/α-hetero) is 1. The lowest BCUT2D eigenvalue weighted by molar-refractivity contribution is -0.122. The lowest BCUT2D eigenvalue weighted by atomic mass is 9.84. The van der Waals surface area contributed by atoms with Gasteiger partial charge in [-0.2, -0.15) is 0 Å². The van der Waals surface area contributed by atoms with Gasteiger partial charge in [0.2, 0.25) is 0 Å². The quantitative estimate of drug-likeness (QED) is 0.253. The number of rotatable bonds is 10. The molecule has 2 unspecified atom stereocenters. The van der Waals surface area contributed by atoms with Crippen molar-refractivity contribution >= 4 is 5.78 Å². The third-order valence-corrected chi connectivity index (χ3v) is 9.07. The first kappa shape index (κ1) is 38.6. The van der Waals surface area contributed by atoms with E-state index in [0.29, 0.717) is 30.0 Å². The monoisotopic (exact) mass is 587 g/mol. The fourth-order valence-electron chi connectivity index (χ4n) is 6.25. The van der Waals surface area contributed by atoms with Crippen LogP contribution in [-0.2, 0) is 17.6 Å². The van der Waals surface area contributed by atoms with E-state index >= 15 is 0 Å². The smallest absolute Gasteiger partial charge is 0.135 e. The Labute approximate surface area is 267 Å². The van der Waals surface area contributed by atoms with Crippen LogP contribution in [-0.4, -0.2) is 5.78 Å². The normalized spacial score (nSPS) is 16.3. The number of aryl methyl sites for hydroxylation is 2. The molecule has 1 fully saturated rings. The fraction of sp³-hybridized carbons (Fsp3) is 0.595. The van der Waals surface area contributed by atoms with Crippen LogP contribution in [0.1, 0.15) is 137 Å². The van der Waals surface area contributed by atoms with Gasteiger partial charge in [-0.25, -0.2) is 0 Å². The van der Waals surface area contributed by atoms with Gasteiger partial charge >= 0.3 is 0 Å². The molecule has 2 aliphatic rings. The van der Waals surface area contributed by atoms with E-state index in [9.17, 15) is 4.79 Å². The van der Waals surface area contributed by atoms with Crippen LogP contribution in [0.2, 0.25) is 0 Å². The molecular weight excluding hydrogens is 520 g/mol. The molecule has 0 heterocycles. The fourth-order valence-corrected chi connectivity index (χ4v) is 6.25. The molecule has 0 N–H and O–H groups in total. The number of hydrogen-bond acceptors (Lipinski definition) is 1. The third-order valence-electron chi connectivity index (χ3n) is 9.07. The Kier molecular flexibility index (Phi) is 20.7. The Morgan fingerprint density at radius 2 is 1.49 bits per heavy atom. The van der Waals surface area contributed by atoms with E-state index < -0.39 is 0 Å². The first-order valence-corrected chi connectivity index (χ1v) is 18.0. The van der Waals surface area contributed by atoms with Gasteiger partial charge in [-0.15, -0.1) is 0 Å². The molecule has 0 bridgehead atoms. The maximum absolute atomic E-state index is 11.9. The van der Waals surface area contributed by atoms with Crippen LogP contribution in [0.5, 0.6) is 0 Å². The van der Waals surface area contributed by atoms with Crippen molar-refractivity contribution in [2.24, 2.45) is 23.7 Å². The van der Waals surface area contributed by atoms with Gasteiger partial charge in [0.15, 0.2) is 0 Å². The summed E-state index contributed by atoms with van der Waals surface area (Å²) in [6.45, 7) is 20.9. The van der Waals surface area contributed by atoms with Crippen LogP contribution in [0.3, 0.4) is 0 Å². The molecule has 0 radical (unpaired) electrons. The maximum atomic E-state index is 11.9. The highest BCUT2D eigenvalue weighted by Crippen LogP contribution is 2.30. The van der Waals surface area contributed by atoms with Gasteiger partial charge in [0.1, 0.15) is 5.78 Å². The highest BCUT2D eigenvalue weighted by atomic mass is 16.1. The van der Waals surface area contributed by atoms with Crippen molar-refractivity contribution in [3.63, 3.8) is 0 Å². The Balaban J connectivity index is 0.000000386. The highest BCUT2D eigenvalue weighted by Gasteiger charge is 2.19. The van der Waals surface area contributed by atoms with Crippen molar-refractivity contribution in [3.05, 3.63) is 84.0 Å². The molecule has 2 atom stereocenters. The minimum Gasteiger partial charge on any atom is -0.299 e. The second kappa shape index (κ2) is 23.0. The number of fused-ring (bicyclic) bond motifs is 1. The van der Waals surface area contributed by atoms with Crippen molar-refractivity contribution in [2.45, 2.75) is 139 Å². The SMILES string of the molecule is C=C1CCCc2cc(-c3ccccc3)ccc2CC1.CC.CC.CCC(=O)C(CC)CCC(/C=C/C1CCCC1)C(C)C. The van der Waals surface area contributed by atoms with Crippen LogP contribution in [0.15, 0.2) is 72.8 Å². The Hall–Kier alpha value is -2.41. The molecule has 0 amide bonds. The largest absolute Gasteiger partial charge is 0.299 e. The first-order chi connectivity index (χ1) is 20.9. The van der Waals surface area contributed by atoms with E-state index in [-0.39, 0.29) is 0 Å². The van der Waals surface area contributed by atoms with Crippen molar-refractivity contribution in [1.82, 2.24) is 0 Å². The first-order valence-electron chi connectivity index (χ1n) is 18.0. The van der Waals surface area contributed by atoms with Gasteiger partial charge in [-0.05, 0) is 104 Å². The number of carbonyl (C=O) groups excluding carboxylic acids is 1. The molecule has 0 aromatic heterocycles. The highest BCUT2D eigenvalue weighted by molar-refractivity contribution is 5.80. The summed E-state index contributed by atoms with van der Waals surface area (Å²) in [6.07, 6.45) is 20.4. The summed E-state index contributed by atoms with van der Waals surface area (Å²) >= 11 is 0. The zero-order valence-corrected chi connectivity index (χ0v) is 29.4. The van der Waals surface area contributed by atoms with E-state index in [1.54, 1.807) is 0 Å². The average Bonchev–Trinajstić information content (AvgIpc) is 3.57. The lowest BCUT2D eigenvalue weighted by Gasteiger charge is -2.20. The van der Waals surface area contributed by atoms with E-state index in [0.717, 1.165) is 31.6 Å². The summed E-state index contributed by atoms with van der Waals surface area (Å²) in [7, 11) is 0. The summed E-state index contributed by atoms with van der Waals surface area (Å²) in [5, 5.41) is 0. The van der Waals surface area contributed by atoms with E-state index in [2.05, 4.69) is 88.0 Å². The molecule has 1 nitrogen and oxygen atoms in total. The summed E-state index contributed by atoms with van der Waals surface area (Å²) in [4.78, 5) is 11.9. The molecule has 2 aromatic carbocycles. The van der Waals surface area contributed by atoms with Gasteiger partial charge in [-0.1, -0.05) is 141 Å². The maximum Gasteiger partial charge on any atom is 0.135 e. The van der Waals surface area contributed by atoms with Crippen LogP contribution >= 0.6 is 0 Å². The van der Waals surface area contributed by atoms with Crippen molar-refractivity contribution < 1.29 is 4.79 Å². The topological polar surface area (TPSA) is 17.1 Å². The summed E-state index contributed by atoms with van der Waals surface area (Å²) < 4.78 is 0. The molecule has 4 rings (SSSR count). The van der Waals surface area contributed by atoms with E-state index in [1.165, 1.54) is 79.2 Å². The molecule has 0 saturated heterocycles. The minimum atomic E-state index is 0.293. The summed E-state index contributed by atoms with van der Waals surface area (Å²) in [5.41, 5.74) is 7.13. The zero-order chi connectivity index (χ0) is 32.0. The molecule has 2 aromatic rings. The van der Waals surface area contributed by atoms with Crippen LogP contribution in [0.4, 0.5) is 0 Å². The van der Waals surface area contributed by atoms with Gasteiger partial charge in [0.25, 0.3) is 0 Å². The number of allylic oxidation sites excluding steroid dienone is 3. The van der Waals surface area contributed by atoms with Crippen LogP contribution < -0.4 is 0 Å². The Morgan fingerprint density at radius 3 is 2.09 bits per heavy atom. The van der Waals surface area contributed by atoms with Gasteiger partial charge in [0.05, 0.1) is 0 Å². The molecular formula is C42H66O. The molecule has 0 spiro atoms. The number of ketones is 1. The van der Waals surface area contributed by atoms with Gasteiger partial charge < -0.3 is 0 Å². The average molecular weight is 587 g/mol. The van der Waals surface area contributed by atoms with E-state index in [4.69, 9.17) is 0 Å². The molecule has 0 aliphatic heterocycles. The number of hydrogen-bond donors (Lipinski definition) is 0. The van der Waals surface area contributed by atoms with Crippen LogP contribution in [0.25, 0.3) is 11.1 Å². The van der Waals surface area contributed by atoms with Crippen molar-refractivity contribution in [3.8, 4) is 11.1 Å².